The number of anilines is 1. The van der Waals surface area contributed by atoms with E-state index in [-0.39, 0.29) is 17.6 Å². The van der Waals surface area contributed by atoms with Gasteiger partial charge >= 0.3 is 0 Å². The highest BCUT2D eigenvalue weighted by Gasteiger charge is 2.41. The lowest BCUT2D eigenvalue weighted by Gasteiger charge is -2.24. The number of nitrogens with two attached hydrogens (primary N) is 1. The van der Waals surface area contributed by atoms with Crippen molar-refractivity contribution < 1.29 is 0 Å². The van der Waals surface area contributed by atoms with Gasteiger partial charge in [-0.25, -0.2) is 0 Å². The number of nitriles is 1. The predicted molar refractivity (Wildman–Crippen MR) is 127 cm³/mol. The van der Waals surface area contributed by atoms with Gasteiger partial charge in [-0.1, -0.05) is 23.7 Å². The van der Waals surface area contributed by atoms with E-state index in [9.17, 15) is 10.1 Å². The molecule has 3 N–H and O–H groups in total. The van der Waals surface area contributed by atoms with Crippen LogP contribution in [0.15, 0.2) is 34.9 Å². The van der Waals surface area contributed by atoms with Gasteiger partial charge in [0.1, 0.15) is 17.4 Å². The van der Waals surface area contributed by atoms with Crippen molar-refractivity contribution in [2.75, 3.05) is 4.90 Å². The normalized spacial score (nSPS) is 19.6. The lowest BCUT2D eigenvalue weighted by atomic mass is 10.0. The maximum atomic E-state index is 13.5. The van der Waals surface area contributed by atoms with E-state index in [0.29, 0.717) is 56.3 Å². The molecule has 0 saturated carbocycles. The minimum Gasteiger partial charge on any atom is -0.345 e. The van der Waals surface area contributed by atoms with Gasteiger partial charge in [-0.2, -0.15) is 15.3 Å². The number of nitrogens with zero attached hydrogens (tertiary/aromatic N) is 6. The van der Waals surface area contributed by atoms with Crippen molar-refractivity contribution in [2.45, 2.75) is 38.4 Å². The Balaban J connectivity index is 1.56. The van der Waals surface area contributed by atoms with Crippen molar-refractivity contribution in [1.29, 1.82) is 5.26 Å². The molecule has 0 aliphatic carbocycles. The molecule has 33 heavy (non-hydrogen) atoms. The fraction of sp³-hybridized carbons (Fsp3) is 0.304. The summed E-state index contributed by atoms with van der Waals surface area (Å²) in [4.78, 5) is 23.6. The topological polar surface area (TPSA) is 122 Å². The van der Waals surface area contributed by atoms with Gasteiger partial charge < -0.3 is 15.6 Å². The van der Waals surface area contributed by atoms with Gasteiger partial charge in [0.05, 0.1) is 27.4 Å². The molecule has 6 rings (SSSR count). The first-order valence-electron chi connectivity index (χ1n) is 10.9. The molecule has 2 atom stereocenters. The third-order valence-electron chi connectivity index (χ3n) is 6.82. The second-order valence-electron chi connectivity index (χ2n) is 8.54. The molecule has 1 fully saturated rings. The second-order valence-corrected chi connectivity index (χ2v) is 8.91. The molecule has 3 aromatic heterocycles. The Morgan fingerprint density at radius 1 is 1.33 bits per heavy atom. The second kappa shape index (κ2) is 6.94. The van der Waals surface area contributed by atoms with E-state index < -0.39 is 0 Å². The van der Waals surface area contributed by atoms with Gasteiger partial charge in [-0.05, 0) is 19.4 Å². The van der Waals surface area contributed by atoms with Crippen molar-refractivity contribution in [2.24, 2.45) is 12.8 Å². The van der Waals surface area contributed by atoms with Crippen LogP contribution in [0.3, 0.4) is 0 Å². The Hall–Kier alpha value is -3.61. The Kier molecular flexibility index (Phi) is 4.21. The van der Waals surface area contributed by atoms with Crippen LogP contribution in [0.4, 0.5) is 5.95 Å². The zero-order chi connectivity index (χ0) is 23.0. The monoisotopic (exact) mass is 460 g/mol. The van der Waals surface area contributed by atoms with Crippen LogP contribution in [0.2, 0.25) is 5.02 Å². The van der Waals surface area contributed by atoms with E-state index in [1.807, 2.05) is 19.1 Å². The first-order valence-corrected chi connectivity index (χ1v) is 11.2. The Labute approximate surface area is 193 Å². The van der Waals surface area contributed by atoms with Crippen molar-refractivity contribution in [3.05, 3.63) is 51.2 Å². The lowest BCUT2D eigenvalue weighted by Crippen LogP contribution is -2.39. The van der Waals surface area contributed by atoms with Gasteiger partial charge in [-0.15, -0.1) is 0 Å². The third-order valence-corrected chi connectivity index (χ3v) is 7.21. The fourth-order valence-corrected chi connectivity index (χ4v) is 5.54. The fourth-order valence-electron chi connectivity index (χ4n) is 5.19. The molecule has 10 heteroatoms. The zero-order valence-electron chi connectivity index (χ0n) is 18.1. The molecule has 4 aromatic rings. The highest BCUT2D eigenvalue weighted by Crippen LogP contribution is 2.40. The number of aryl methyl sites for hydroxylation is 1. The molecule has 0 radical (unpaired) electrons. The Morgan fingerprint density at radius 3 is 2.82 bits per heavy atom. The number of nitrogens with one attached hydrogen (secondary N) is 1. The van der Waals surface area contributed by atoms with Crippen LogP contribution in [-0.2, 0) is 13.6 Å². The number of hydrogen-bond donors (Lipinski definition) is 2. The van der Waals surface area contributed by atoms with Crippen molar-refractivity contribution in [3.8, 4) is 17.2 Å². The Morgan fingerprint density at radius 2 is 2.15 bits per heavy atom. The van der Waals surface area contributed by atoms with Crippen LogP contribution in [0.5, 0.6) is 0 Å². The molecule has 5 heterocycles. The average molecular weight is 461 g/mol. The van der Waals surface area contributed by atoms with Gasteiger partial charge in [-0.3, -0.25) is 14.0 Å². The summed E-state index contributed by atoms with van der Waals surface area (Å²) in [5, 5.41) is 15.6. The molecular weight excluding hydrogens is 440 g/mol. The van der Waals surface area contributed by atoms with Crippen LogP contribution in [-0.4, -0.2) is 36.4 Å². The molecule has 2 bridgehead atoms. The quantitative estimate of drug-likeness (QED) is 0.484. The number of H-pyrrole nitrogens is 1. The molecule has 2 aliphatic heterocycles. The summed E-state index contributed by atoms with van der Waals surface area (Å²) >= 11 is 6.80. The molecular formula is C23H21ClN8O. The van der Waals surface area contributed by atoms with E-state index in [2.05, 4.69) is 27.1 Å². The zero-order valence-corrected chi connectivity index (χ0v) is 18.9. The summed E-state index contributed by atoms with van der Waals surface area (Å²) in [6, 6.07) is 6.03. The van der Waals surface area contributed by atoms with Crippen LogP contribution >= 0.6 is 11.6 Å². The third kappa shape index (κ3) is 2.59. The smallest absolute Gasteiger partial charge is 0.264 e. The molecule has 1 aromatic carbocycles. The van der Waals surface area contributed by atoms with E-state index in [1.165, 1.54) is 0 Å². The van der Waals surface area contributed by atoms with E-state index >= 15 is 0 Å². The van der Waals surface area contributed by atoms with Gasteiger partial charge in [0.25, 0.3) is 5.56 Å². The molecule has 9 nitrogen and oxygen atoms in total. The van der Waals surface area contributed by atoms with Crippen LogP contribution < -0.4 is 16.2 Å². The largest absolute Gasteiger partial charge is 0.345 e. The number of aromatic nitrogens is 5. The number of aromatic amines is 1. The first-order chi connectivity index (χ1) is 15.9. The highest BCUT2D eigenvalue weighted by atomic mass is 35.5. The molecule has 0 amide bonds. The van der Waals surface area contributed by atoms with E-state index in [4.69, 9.17) is 22.3 Å². The number of fused-ring (bicyclic) bond motifs is 4. The lowest BCUT2D eigenvalue weighted by molar-refractivity contribution is 0.576. The summed E-state index contributed by atoms with van der Waals surface area (Å²) < 4.78 is 3.21. The number of rotatable bonds is 3. The predicted octanol–water partition coefficient (Wildman–Crippen LogP) is 3.02. The van der Waals surface area contributed by atoms with Gasteiger partial charge in [0, 0.05) is 49.1 Å². The van der Waals surface area contributed by atoms with Crippen LogP contribution in [0.25, 0.3) is 33.1 Å². The van der Waals surface area contributed by atoms with Crippen LogP contribution in [0.1, 0.15) is 25.5 Å². The summed E-state index contributed by atoms with van der Waals surface area (Å²) in [7, 11) is 1.73. The summed E-state index contributed by atoms with van der Waals surface area (Å²) in [6.07, 6.45) is 5.57. The molecule has 0 spiro atoms. The highest BCUT2D eigenvalue weighted by molar-refractivity contribution is 6.39. The van der Waals surface area contributed by atoms with Crippen molar-refractivity contribution in [1.82, 2.24) is 24.3 Å². The molecule has 166 valence electrons. The SMILES string of the molecule is CCn1nc2ccc(-c3c[nH]c4nc(N5C6=CC[C@@H]5[C@H](N)C6)n(C)c(=O)c34)c(Cl)c2c1C#N. The summed E-state index contributed by atoms with van der Waals surface area (Å²) in [5.74, 6) is 0.583. The molecule has 1 saturated heterocycles. The minimum absolute atomic E-state index is 0.0423. The maximum absolute atomic E-state index is 13.5. The van der Waals surface area contributed by atoms with Gasteiger partial charge in [0.2, 0.25) is 5.95 Å². The Bertz CT molecular complexity index is 1600. The van der Waals surface area contributed by atoms with Gasteiger partial charge in [0.15, 0.2) is 0 Å². The van der Waals surface area contributed by atoms with Crippen molar-refractivity contribution in [3.63, 3.8) is 0 Å². The summed E-state index contributed by atoms with van der Waals surface area (Å²) in [6.45, 7) is 2.48. The van der Waals surface area contributed by atoms with E-state index in [1.54, 1.807) is 22.5 Å². The molecule has 0 unspecified atom stereocenters. The molecule has 2 aliphatic rings. The van der Waals surface area contributed by atoms with Crippen LogP contribution in [0, 0.1) is 11.3 Å². The van der Waals surface area contributed by atoms with E-state index in [0.717, 1.165) is 18.5 Å². The standard InChI is InChI=1S/C23H21ClN8O/c1-3-31-17(9-25)19-15(29-31)6-5-12(20(19)24)13-10-27-21-18(13)22(33)30(2)23(28-21)32-11-4-7-16(32)14(26)8-11/h4-6,10,14,16,27H,3,7-8,26H2,1-2H3/t14-,16-/m1/s1. The maximum Gasteiger partial charge on any atom is 0.264 e. The number of halogens is 1. The number of hydrogen-bond acceptors (Lipinski definition) is 6. The first kappa shape index (κ1) is 20.0. The number of benzene rings is 1. The minimum atomic E-state index is -0.173. The van der Waals surface area contributed by atoms with Crippen molar-refractivity contribution >= 4 is 39.5 Å². The average Bonchev–Trinajstić information content (AvgIpc) is 3.56. The summed E-state index contributed by atoms with van der Waals surface area (Å²) in [5.41, 5.74) is 10.1.